The van der Waals surface area contributed by atoms with E-state index in [1.165, 1.54) is 34.3 Å². The molecule has 0 spiro atoms. The van der Waals surface area contributed by atoms with E-state index in [1.807, 2.05) is 26.0 Å². The van der Waals surface area contributed by atoms with E-state index in [9.17, 15) is 19.5 Å². The maximum absolute atomic E-state index is 13.0. The van der Waals surface area contributed by atoms with Crippen LogP contribution in [0, 0.1) is 0 Å². The highest BCUT2D eigenvalue weighted by Gasteiger charge is 2.35. The summed E-state index contributed by atoms with van der Waals surface area (Å²) in [5.74, 6) is -1.53. The van der Waals surface area contributed by atoms with Crippen LogP contribution >= 0.6 is 11.8 Å². The molecule has 160 valence electrons. The largest absolute Gasteiger partial charge is 0.497 e. The normalized spacial score (nSPS) is 14.9. The molecule has 0 bridgehead atoms. The molecule has 0 aromatic heterocycles. The number of carbonyl (C=O) groups is 3. The summed E-state index contributed by atoms with van der Waals surface area (Å²) in [6, 6.07) is 11.8. The highest BCUT2D eigenvalue weighted by molar-refractivity contribution is 8.01. The number of methoxy groups -OCH3 is 1. The first-order chi connectivity index (χ1) is 14.4. The summed E-state index contributed by atoms with van der Waals surface area (Å²) >= 11 is 1.32. The number of benzene rings is 2. The maximum atomic E-state index is 13.0. The van der Waals surface area contributed by atoms with Crippen molar-refractivity contribution in [3.63, 3.8) is 0 Å². The van der Waals surface area contributed by atoms with Gasteiger partial charge in [-0.1, -0.05) is 26.0 Å². The number of amides is 2. The first kappa shape index (κ1) is 23.2. The van der Waals surface area contributed by atoms with E-state index < -0.39 is 23.7 Å². The summed E-state index contributed by atoms with van der Waals surface area (Å²) in [5.41, 5.74) is 2.78. The second-order valence-electron chi connectivity index (χ2n) is 6.11. The monoisotopic (exact) mass is 432 g/mol. The van der Waals surface area contributed by atoms with E-state index in [2.05, 4.69) is 0 Å². The van der Waals surface area contributed by atoms with E-state index in [0.717, 1.165) is 5.56 Å². The molecule has 1 unspecified atom stereocenters. The fourth-order valence-corrected chi connectivity index (χ4v) is 4.15. The topological polar surface area (TPSA) is 116 Å². The average molecular weight is 432 g/mol. The highest BCUT2D eigenvalue weighted by atomic mass is 32.2. The molecule has 1 aliphatic heterocycles. The molecule has 3 N–H and O–H groups in total. The van der Waals surface area contributed by atoms with Crippen molar-refractivity contribution in [1.82, 2.24) is 5.48 Å². The number of carbonyl (C=O) groups excluding carboxylic acids is 2. The Hall–Kier alpha value is -3.04. The second-order valence-corrected chi connectivity index (χ2v) is 7.35. The third kappa shape index (κ3) is 5.31. The zero-order valence-corrected chi connectivity index (χ0v) is 17.7. The summed E-state index contributed by atoms with van der Waals surface area (Å²) in [6.45, 7) is 3.59. The number of nitrogens with zero attached hydrogens (tertiary/aromatic N) is 1. The van der Waals surface area contributed by atoms with Crippen LogP contribution in [0.15, 0.2) is 47.4 Å². The summed E-state index contributed by atoms with van der Waals surface area (Å²) < 4.78 is 5.13. The third-order valence-corrected chi connectivity index (χ3v) is 5.57. The van der Waals surface area contributed by atoms with Gasteiger partial charge in [0.25, 0.3) is 5.91 Å². The van der Waals surface area contributed by atoms with E-state index >= 15 is 0 Å². The molecule has 2 aromatic carbocycles. The fourth-order valence-electron chi connectivity index (χ4n) is 2.90. The molecule has 0 fully saturated rings. The zero-order chi connectivity index (χ0) is 22.3. The van der Waals surface area contributed by atoms with Crippen molar-refractivity contribution in [3.8, 4) is 5.75 Å². The molecule has 8 nitrogen and oxygen atoms in total. The Labute approximate surface area is 178 Å². The summed E-state index contributed by atoms with van der Waals surface area (Å²) in [7, 11) is 1.57. The Bertz CT molecular complexity index is 916. The standard InChI is InChI=1S/C19H18N2O6S.C2H6/c1-27-13-5-2-11(3-6-13)8-16-18(23)21(10-17(22)20-26)14-9-12(19(24)25)4-7-15(14)28-16;1-2/h2-7,9,16,26H,8,10H2,1H3,(H,20,22)(H,24,25);1-2H3. The van der Waals surface area contributed by atoms with E-state index in [-0.39, 0.29) is 11.5 Å². The number of thioether (sulfide) groups is 1. The molecule has 2 amide bonds. The molecule has 2 aromatic rings. The van der Waals surface area contributed by atoms with Crippen LogP contribution in [0.25, 0.3) is 0 Å². The van der Waals surface area contributed by atoms with Crippen LogP contribution in [0.3, 0.4) is 0 Å². The Morgan fingerprint density at radius 2 is 1.83 bits per heavy atom. The number of aromatic carboxylic acids is 1. The lowest BCUT2D eigenvalue weighted by atomic mass is 10.1. The second kappa shape index (κ2) is 10.7. The number of hydroxylamine groups is 1. The minimum absolute atomic E-state index is 0.00941. The lowest BCUT2D eigenvalue weighted by molar-refractivity contribution is -0.129. The molecule has 0 radical (unpaired) electrons. The molecular formula is C21H24N2O6S. The molecule has 30 heavy (non-hydrogen) atoms. The van der Waals surface area contributed by atoms with Gasteiger partial charge in [0.15, 0.2) is 0 Å². The molecule has 3 rings (SSSR count). The van der Waals surface area contributed by atoms with E-state index in [1.54, 1.807) is 25.3 Å². The molecule has 1 atom stereocenters. The minimum atomic E-state index is -1.13. The van der Waals surface area contributed by atoms with Crippen LogP contribution < -0.4 is 15.1 Å². The summed E-state index contributed by atoms with van der Waals surface area (Å²) in [6.07, 6.45) is 0.421. The van der Waals surface area contributed by atoms with E-state index in [4.69, 9.17) is 9.94 Å². The predicted molar refractivity (Wildman–Crippen MR) is 113 cm³/mol. The van der Waals surface area contributed by atoms with Gasteiger partial charge < -0.3 is 14.7 Å². The van der Waals surface area contributed by atoms with Gasteiger partial charge in [-0.2, -0.15) is 0 Å². The summed E-state index contributed by atoms with van der Waals surface area (Å²) in [5, 5.41) is 17.6. The van der Waals surface area contributed by atoms with Crippen LogP contribution in [0.4, 0.5) is 5.69 Å². The predicted octanol–water partition coefficient (Wildman–Crippen LogP) is 2.98. The van der Waals surface area contributed by atoms with Crippen LogP contribution in [0.1, 0.15) is 29.8 Å². The highest BCUT2D eigenvalue weighted by Crippen LogP contribution is 2.41. The Kier molecular flexibility index (Phi) is 8.25. The Morgan fingerprint density at radius 3 is 2.40 bits per heavy atom. The Morgan fingerprint density at radius 1 is 1.17 bits per heavy atom. The van der Waals surface area contributed by atoms with Gasteiger partial charge in [0.2, 0.25) is 5.91 Å². The first-order valence-electron chi connectivity index (χ1n) is 9.34. The Balaban J connectivity index is 0.00000155. The van der Waals surface area contributed by atoms with Gasteiger partial charge >= 0.3 is 5.97 Å². The van der Waals surface area contributed by atoms with Crippen molar-refractivity contribution in [2.24, 2.45) is 0 Å². The van der Waals surface area contributed by atoms with Gasteiger partial charge in [-0.3, -0.25) is 14.8 Å². The number of ether oxygens (including phenoxy) is 1. The number of carboxylic acid groups (broad SMARTS) is 1. The van der Waals surface area contributed by atoms with Crippen molar-refractivity contribution in [1.29, 1.82) is 0 Å². The number of anilines is 1. The van der Waals surface area contributed by atoms with Crippen LogP contribution in [0.2, 0.25) is 0 Å². The molecule has 0 saturated heterocycles. The number of fused-ring (bicyclic) bond motifs is 1. The number of nitrogens with one attached hydrogen (secondary N) is 1. The average Bonchev–Trinajstić information content (AvgIpc) is 2.77. The van der Waals surface area contributed by atoms with Crippen molar-refractivity contribution >= 4 is 35.2 Å². The molecule has 0 saturated carbocycles. The lowest BCUT2D eigenvalue weighted by Gasteiger charge is -2.33. The van der Waals surface area contributed by atoms with Crippen molar-refractivity contribution in [2.45, 2.75) is 30.4 Å². The van der Waals surface area contributed by atoms with Gasteiger partial charge in [-0.05, 0) is 42.3 Å². The van der Waals surface area contributed by atoms with Crippen molar-refractivity contribution in [2.75, 3.05) is 18.6 Å². The molecule has 9 heteroatoms. The third-order valence-electron chi connectivity index (χ3n) is 4.31. The van der Waals surface area contributed by atoms with Gasteiger partial charge in [-0.25, -0.2) is 10.3 Å². The minimum Gasteiger partial charge on any atom is -0.497 e. The molecular weight excluding hydrogens is 408 g/mol. The summed E-state index contributed by atoms with van der Waals surface area (Å²) in [4.78, 5) is 37.9. The lowest BCUT2D eigenvalue weighted by Crippen LogP contribution is -2.46. The van der Waals surface area contributed by atoms with Gasteiger partial charge in [-0.15, -0.1) is 11.8 Å². The van der Waals surface area contributed by atoms with Gasteiger partial charge in [0.05, 0.1) is 23.6 Å². The fraction of sp³-hybridized carbons (Fsp3) is 0.286. The SMILES string of the molecule is CC.COc1ccc(CC2Sc3ccc(C(=O)O)cc3N(CC(=O)NO)C2=O)cc1. The quantitative estimate of drug-likeness (QED) is 0.475. The van der Waals surface area contributed by atoms with E-state index in [0.29, 0.717) is 22.8 Å². The maximum Gasteiger partial charge on any atom is 0.335 e. The van der Waals surface area contributed by atoms with Crippen LogP contribution in [-0.2, 0) is 16.0 Å². The van der Waals surface area contributed by atoms with Gasteiger partial charge in [0.1, 0.15) is 12.3 Å². The van der Waals surface area contributed by atoms with Crippen molar-refractivity contribution in [3.05, 3.63) is 53.6 Å². The molecule has 0 aliphatic carbocycles. The van der Waals surface area contributed by atoms with Crippen molar-refractivity contribution < 1.29 is 29.4 Å². The van der Waals surface area contributed by atoms with Crippen LogP contribution in [-0.4, -0.2) is 47.0 Å². The van der Waals surface area contributed by atoms with Crippen LogP contribution in [0.5, 0.6) is 5.75 Å². The smallest absolute Gasteiger partial charge is 0.335 e. The number of hydrogen-bond donors (Lipinski definition) is 3. The molecule has 1 aliphatic rings. The first-order valence-corrected chi connectivity index (χ1v) is 10.2. The molecule has 1 heterocycles. The van der Waals surface area contributed by atoms with Gasteiger partial charge in [0, 0.05) is 4.90 Å². The number of carboxylic acids is 1. The number of rotatable bonds is 6. The number of hydrogen-bond acceptors (Lipinski definition) is 6. The zero-order valence-electron chi connectivity index (χ0n) is 16.9.